The highest BCUT2D eigenvalue weighted by molar-refractivity contribution is 6.30. The van der Waals surface area contributed by atoms with Crippen LogP contribution in [0.5, 0.6) is 5.75 Å². The van der Waals surface area contributed by atoms with Crippen molar-refractivity contribution in [2.45, 2.75) is 6.92 Å². The molecule has 2 N–H and O–H groups in total. The number of nitrogens with one attached hydrogen (secondary N) is 2. The van der Waals surface area contributed by atoms with Gasteiger partial charge in [-0.1, -0.05) is 11.6 Å². The van der Waals surface area contributed by atoms with Gasteiger partial charge < -0.3 is 15.4 Å². The Morgan fingerprint density at radius 3 is 2.42 bits per heavy atom. The van der Waals surface area contributed by atoms with Gasteiger partial charge in [0.15, 0.2) is 0 Å². The number of rotatable bonds is 6. The lowest BCUT2D eigenvalue weighted by Gasteiger charge is -2.08. The maximum absolute atomic E-state index is 12.4. The molecule has 0 saturated carbocycles. The van der Waals surface area contributed by atoms with Gasteiger partial charge in [0, 0.05) is 22.6 Å². The Bertz CT molecular complexity index is 883. The molecular formula is C19H17ClN4O2. The average molecular weight is 369 g/mol. The van der Waals surface area contributed by atoms with Crippen LogP contribution in [0.4, 0.5) is 17.3 Å². The lowest BCUT2D eigenvalue weighted by atomic mass is 10.3. The van der Waals surface area contributed by atoms with E-state index in [4.69, 9.17) is 16.3 Å². The summed E-state index contributed by atoms with van der Waals surface area (Å²) >= 11 is 5.87. The van der Waals surface area contributed by atoms with Crippen molar-refractivity contribution in [3.63, 3.8) is 0 Å². The molecule has 132 valence electrons. The first kappa shape index (κ1) is 17.7. The van der Waals surface area contributed by atoms with E-state index in [0.717, 1.165) is 11.4 Å². The Morgan fingerprint density at radius 1 is 1.04 bits per heavy atom. The lowest BCUT2D eigenvalue weighted by molar-refractivity contribution is 0.102. The van der Waals surface area contributed by atoms with Crippen molar-refractivity contribution in [3.05, 3.63) is 71.5 Å². The standard InChI is InChI=1S/C19H17ClN4O2/c1-2-26-16-9-7-14(8-10-16)22-18(25)17-11-12-21-19(24-17)23-15-5-3-13(20)4-6-15/h3-12H,2H2,1H3,(H,22,25)(H,21,23,24). The summed E-state index contributed by atoms with van der Waals surface area (Å²) in [6, 6.07) is 15.8. The van der Waals surface area contributed by atoms with Crippen LogP contribution < -0.4 is 15.4 Å². The molecule has 1 amide bonds. The van der Waals surface area contributed by atoms with E-state index in [-0.39, 0.29) is 11.6 Å². The Labute approximate surface area is 156 Å². The van der Waals surface area contributed by atoms with Crippen LogP contribution in [-0.4, -0.2) is 22.5 Å². The van der Waals surface area contributed by atoms with E-state index < -0.39 is 0 Å². The number of benzene rings is 2. The van der Waals surface area contributed by atoms with Gasteiger partial charge in [0.25, 0.3) is 5.91 Å². The monoisotopic (exact) mass is 368 g/mol. The number of halogens is 1. The zero-order valence-electron chi connectivity index (χ0n) is 14.1. The molecule has 3 aromatic rings. The summed E-state index contributed by atoms with van der Waals surface area (Å²) in [5.74, 6) is 0.754. The van der Waals surface area contributed by atoms with Crippen molar-refractivity contribution in [1.82, 2.24) is 9.97 Å². The molecule has 7 heteroatoms. The van der Waals surface area contributed by atoms with Gasteiger partial charge in [-0.15, -0.1) is 0 Å². The number of hydrogen-bond acceptors (Lipinski definition) is 5. The van der Waals surface area contributed by atoms with E-state index >= 15 is 0 Å². The van der Waals surface area contributed by atoms with Crippen molar-refractivity contribution in [3.8, 4) is 5.75 Å². The molecule has 0 fully saturated rings. The topological polar surface area (TPSA) is 76.1 Å². The van der Waals surface area contributed by atoms with Crippen LogP contribution in [0.1, 0.15) is 17.4 Å². The van der Waals surface area contributed by atoms with Crippen LogP contribution in [0.15, 0.2) is 60.8 Å². The average Bonchev–Trinajstić information content (AvgIpc) is 2.66. The summed E-state index contributed by atoms with van der Waals surface area (Å²) in [5.41, 5.74) is 1.69. The Kier molecular flexibility index (Phi) is 5.66. The third-order valence-corrected chi connectivity index (χ3v) is 3.66. The first-order chi connectivity index (χ1) is 12.6. The van der Waals surface area contributed by atoms with Crippen LogP contribution >= 0.6 is 11.6 Å². The summed E-state index contributed by atoms with van der Waals surface area (Å²) in [7, 11) is 0. The Balaban J connectivity index is 1.68. The van der Waals surface area contributed by atoms with Crippen LogP contribution in [-0.2, 0) is 0 Å². The molecule has 0 aliphatic carbocycles. The van der Waals surface area contributed by atoms with Gasteiger partial charge >= 0.3 is 0 Å². The SMILES string of the molecule is CCOc1ccc(NC(=O)c2ccnc(Nc3ccc(Cl)cc3)n2)cc1. The summed E-state index contributed by atoms with van der Waals surface area (Å²) in [6.45, 7) is 2.51. The van der Waals surface area contributed by atoms with Gasteiger partial charge in [0.1, 0.15) is 11.4 Å². The minimum absolute atomic E-state index is 0.255. The highest BCUT2D eigenvalue weighted by Gasteiger charge is 2.10. The molecule has 0 atom stereocenters. The molecule has 26 heavy (non-hydrogen) atoms. The van der Waals surface area contributed by atoms with Crippen LogP contribution in [0, 0.1) is 0 Å². The van der Waals surface area contributed by atoms with E-state index in [2.05, 4.69) is 20.6 Å². The van der Waals surface area contributed by atoms with E-state index in [1.165, 1.54) is 6.20 Å². The quantitative estimate of drug-likeness (QED) is 0.668. The van der Waals surface area contributed by atoms with Gasteiger partial charge in [-0.25, -0.2) is 9.97 Å². The summed E-state index contributed by atoms with van der Waals surface area (Å²) < 4.78 is 5.38. The van der Waals surface area contributed by atoms with Crippen molar-refractivity contribution >= 4 is 34.8 Å². The van der Waals surface area contributed by atoms with Crippen molar-refractivity contribution in [2.75, 3.05) is 17.2 Å². The maximum atomic E-state index is 12.4. The molecule has 0 spiro atoms. The zero-order valence-corrected chi connectivity index (χ0v) is 14.8. The minimum atomic E-state index is -0.323. The highest BCUT2D eigenvalue weighted by Crippen LogP contribution is 2.18. The zero-order chi connectivity index (χ0) is 18.4. The molecule has 0 radical (unpaired) electrons. The molecule has 0 saturated heterocycles. The normalized spacial score (nSPS) is 10.2. The number of nitrogens with zero attached hydrogens (tertiary/aromatic N) is 2. The second-order valence-electron chi connectivity index (χ2n) is 5.31. The second kappa shape index (κ2) is 8.31. The van der Waals surface area contributed by atoms with Gasteiger partial charge in [-0.2, -0.15) is 0 Å². The van der Waals surface area contributed by atoms with Crippen LogP contribution in [0.3, 0.4) is 0 Å². The van der Waals surface area contributed by atoms with E-state index in [9.17, 15) is 4.79 Å². The fraction of sp³-hybridized carbons (Fsp3) is 0.105. The van der Waals surface area contributed by atoms with Crippen LogP contribution in [0.25, 0.3) is 0 Å². The smallest absolute Gasteiger partial charge is 0.274 e. The Hall–Kier alpha value is -3.12. The second-order valence-corrected chi connectivity index (χ2v) is 5.75. The number of aromatic nitrogens is 2. The first-order valence-corrected chi connectivity index (χ1v) is 8.41. The number of carbonyl (C=O) groups is 1. The molecule has 1 heterocycles. The number of amides is 1. The molecule has 0 bridgehead atoms. The maximum Gasteiger partial charge on any atom is 0.274 e. The fourth-order valence-corrected chi connectivity index (χ4v) is 2.33. The van der Waals surface area contributed by atoms with E-state index in [1.54, 1.807) is 54.6 Å². The number of hydrogen-bond donors (Lipinski definition) is 2. The largest absolute Gasteiger partial charge is 0.494 e. The van der Waals surface area contributed by atoms with Crippen molar-refractivity contribution in [2.24, 2.45) is 0 Å². The summed E-state index contributed by atoms with van der Waals surface area (Å²) in [5, 5.41) is 6.47. The minimum Gasteiger partial charge on any atom is -0.494 e. The number of carbonyl (C=O) groups excluding carboxylic acids is 1. The molecule has 0 aliphatic heterocycles. The molecule has 2 aromatic carbocycles. The molecule has 3 rings (SSSR count). The number of anilines is 3. The third-order valence-electron chi connectivity index (χ3n) is 3.41. The van der Waals surface area contributed by atoms with Gasteiger partial charge in [0.05, 0.1) is 6.61 Å². The predicted molar refractivity (Wildman–Crippen MR) is 102 cm³/mol. The summed E-state index contributed by atoms with van der Waals surface area (Å²) in [4.78, 5) is 20.8. The molecular weight excluding hydrogens is 352 g/mol. The van der Waals surface area contributed by atoms with Gasteiger partial charge in [-0.05, 0) is 61.5 Å². The lowest BCUT2D eigenvalue weighted by Crippen LogP contribution is -2.14. The molecule has 6 nitrogen and oxygen atoms in total. The first-order valence-electron chi connectivity index (χ1n) is 8.04. The molecule has 0 unspecified atom stereocenters. The fourth-order valence-electron chi connectivity index (χ4n) is 2.20. The van der Waals surface area contributed by atoms with E-state index in [1.807, 2.05) is 6.92 Å². The number of ether oxygens (including phenoxy) is 1. The van der Waals surface area contributed by atoms with Gasteiger partial charge in [0.2, 0.25) is 5.95 Å². The van der Waals surface area contributed by atoms with Crippen molar-refractivity contribution in [1.29, 1.82) is 0 Å². The van der Waals surface area contributed by atoms with Crippen molar-refractivity contribution < 1.29 is 9.53 Å². The van der Waals surface area contributed by atoms with Crippen LogP contribution in [0.2, 0.25) is 5.02 Å². The highest BCUT2D eigenvalue weighted by atomic mass is 35.5. The molecule has 0 aliphatic rings. The van der Waals surface area contributed by atoms with Gasteiger partial charge in [-0.3, -0.25) is 4.79 Å². The van der Waals surface area contributed by atoms with E-state index in [0.29, 0.717) is 23.3 Å². The Morgan fingerprint density at radius 2 is 1.73 bits per heavy atom. The third kappa shape index (κ3) is 4.70. The summed E-state index contributed by atoms with van der Waals surface area (Å²) in [6.07, 6.45) is 1.53. The molecule has 1 aromatic heterocycles. The predicted octanol–water partition coefficient (Wildman–Crippen LogP) is 4.52.